The van der Waals surface area contributed by atoms with Crippen LogP contribution < -0.4 is 10.1 Å². The van der Waals surface area contributed by atoms with E-state index in [-0.39, 0.29) is 37.6 Å². The fourth-order valence-electron chi connectivity index (χ4n) is 3.06. The van der Waals surface area contributed by atoms with Crippen molar-refractivity contribution in [2.24, 2.45) is 5.92 Å². The Hall–Kier alpha value is -2.89. The molecule has 2 heterocycles. The second kappa shape index (κ2) is 9.50. The first kappa shape index (κ1) is 22.8. The molecule has 0 atom stereocenters. The van der Waals surface area contributed by atoms with Gasteiger partial charge in [0.2, 0.25) is 5.91 Å². The van der Waals surface area contributed by atoms with Gasteiger partial charge in [0.25, 0.3) is 0 Å². The zero-order valence-corrected chi connectivity index (χ0v) is 17.2. The number of ether oxygens (including phenoxy) is 2. The Morgan fingerprint density at radius 3 is 2.61 bits per heavy atom. The molecule has 1 aliphatic heterocycles. The average Bonchev–Trinajstić information content (AvgIpc) is 3.20. The molecule has 31 heavy (non-hydrogen) atoms. The minimum Gasteiger partial charge on any atom is -0.494 e. The topological polar surface area (TPSA) is 80.8 Å². The van der Waals surface area contributed by atoms with Gasteiger partial charge in [-0.3, -0.25) is 4.79 Å². The average molecular weight is 461 g/mol. The number of hydrogen-bond acceptors (Lipinski definition) is 6. The fourth-order valence-corrected chi connectivity index (χ4v) is 3.78. The molecule has 0 aliphatic carbocycles. The predicted molar refractivity (Wildman–Crippen MR) is 104 cm³/mol. The van der Waals surface area contributed by atoms with E-state index in [0.717, 1.165) is 4.90 Å². The van der Waals surface area contributed by atoms with Gasteiger partial charge in [0.15, 0.2) is 23.3 Å². The van der Waals surface area contributed by atoms with Crippen LogP contribution in [-0.2, 0) is 9.53 Å². The van der Waals surface area contributed by atoms with E-state index in [2.05, 4.69) is 15.0 Å². The Bertz CT molecular complexity index is 942. The summed E-state index contributed by atoms with van der Waals surface area (Å²) in [4.78, 5) is 29.6. The van der Waals surface area contributed by atoms with Gasteiger partial charge in [-0.2, -0.15) is 13.2 Å². The highest BCUT2D eigenvalue weighted by Crippen LogP contribution is 2.29. The molecular formula is C19H19F4N3O4S. The summed E-state index contributed by atoms with van der Waals surface area (Å²) in [5.74, 6) is -1.14. The smallest absolute Gasteiger partial charge is 0.422 e. The number of nitrogens with zero attached hydrogens (tertiary/aromatic N) is 2. The number of thiazole rings is 1. The number of rotatable bonds is 5. The SMILES string of the molecule is COc1ccc(-c2csc(NC(=O)C3CCN(C(=O)OCC(F)(F)F)CC3)n2)cc1F. The summed E-state index contributed by atoms with van der Waals surface area (Å²) in [5, 5.41) is 4.71. The maximum Gasteiger partial charge on any atom is 0.422 e. The van der Waals surface area contributed by atoms with E-state index in [1.165, 1.54) is 30.6 Å². The van der Waals surface area contributed by atoms with Crippen molar-refractivity contribution in [3.63, 3.8) is 0 Å². The van der Waals surface area contributed by atoms with Crippen molar-refractivity contribution in [3.05, 3.63) is 29.4 Å². The molecular weight excluding hydrogens is 442 g/mol. The number of hydrogen-bond donors (Lipinski definition) is 1. The van der Waals surface area contributed by atoms with E-state index >= 15 is 0 Å². The fraction of sp³-hybridized carbons (Fsp3) is 0.421. The van der Waals surface area contributed by atoms with E-state index in [1.807, 2.05) is 0 Å². The van der Waals surface area contributed by atoms with E-state index in [1.54, 1.807) is 11.4 Å². The van der Waals surface area contributed by atoms with Crippen molar-refractivity contribution in [1.82, 2.24) is 9.88 Å². The number of anilines is 1. The van der Waals surface area contributed by atoms with Crippen molar-refractivity contribution >= 4 is 28.5 Å². The zero-order valence-electron chi connectivity index (χ0n) is 16.4. The van der Waals surface area contributed by atoms with Crippen LogP contribution in [0, 0.1) is 11.7 Å². The number of carbonyl (C=O) groups is 2. The quantitative estimate of drug-likeness (QED) is 0.672. The number of methoxy groups -OCH3 is 1. The predicted octanol–water partition coefficient (Wildman–Crippen LogP) is 4.31. The highest BCUT2D eigenvalue weighted by molar-refractivity contribution is 7.14. The first-order valence-electron chi connectivity index (χ1n) is 9.25. The van der Waals surface area contributed by atoms with Gasteiger partial charge >= 0.3 is 12.3 Å². The van der Waals surface area contributed by atoms with Crippen LogP contribution in [0.1, 0.15) is 12.8 Å². The molecule has 0 unspecified atom stereocenters. The lowest BCUT2D eigenvalue weighted by molar-refractivity contribution is -0.162. The number of likely N-dealkylation sites (tertiary alicyclic amines) is 1. The van der Waals surface area contributed by atoms with Crippen LogP contribution in [0.2, 0.25) is 0 Å². The Balaban J connectivity index is 1.52. The van der Waals surface area contributed by atoms with Gasteiger partial charge in [-0.15, -0.1) is 11.3 Å². The van der Waals surface area contributed by atoms with E-state index in [4.69, 9.17) is 4.74 Å². The van der Waals surface area contributed by atoms with Crippen molar-refractivity contribution in [2.75, 3.05) is 32.1 Å². The lowest BCUT2D eigenvalue weighted by Gasteiger charge is -2.30. The molecule has 7 nitrogen and oxygen atoms in total. The zero-order chi connectivity index (χ0) is 22.6. The maximum atomic E-state index is 13.9. The molecule has 3 rings (SSSR count). The van der Waals surface area contributed by atoms with Crippen LogP contribution in [0.15, 0.2) is 23.6 Å². The molecule has 1 aromatic carbocycles. The highest BCUT2D eigenvalue weighted by Gasteiger charge is 2.33. The van der Waals surface area contributed by atoms with E-state index in [9.17, 15) is 27.2 Å². The third kappa shape index (κ3) is 6.06. The Kier molecular flexibility index (Phi) is 6.98. The molecule has 1 fully saturated rings. The van der Waals surface area contributed by atoms with Crippen molar-refractivity contribution in [1.29, 1.82) is 0 Å². The number of benzene rings is 1. The van der Waals surface area contributed by atoms with Crippen LogP contribution in [0.5, 0.6) is 5.75 Å². The summed E-state index contributed by atoms with van der Waals surface area (Å²) in [5.41, 5.74) is 1.02. The molecule has 1 N–H and O–H groups in total. The van der Waals surface area contributed by atoms with Gasteiger partial charge in [0, 0.05) is 30.0 Å². The summed E-state index contributed by atoms with van der Waals surface area (Å²) >= 11 is 1.18. The van der Waals surface area contributed by atoms with Gasteiger partial charge in [-0.25, -0.2) is 14.2 Å². The lowest BCUT2D eigenvalue weighted by atomic mass is 9.96. The van der Waals surface area contributed by atoms with Gasteiger partial charge in [0.05, 0.1) is 12.8 Å². The van der Waals surface area contributed by atoms with Crippen LogP contribution in [-0.4, -0.2) is 54.9 Å². The number of piperidine rings is 1. The van der Waals surface area contributed by atoms with Crippen LogP contribution in [0.3, 0.4) is 0 Å². The van der Waals surface area contributed by atoms with Crippen molar-refractivity contribution in [3.8, 4) is 17.0 Å². The minimum absolute atomic E-state index is 0.112. The molecule has 0 spiro atoms. The normalized spacial score (nSPS) is 14.9. The number of halogens is 4. The van der Waals surface area contributed by atoms with E-state index < -0.39 is 30.6 Å². The number of nitrogens with one attached hydrogen (secondary N) is 1. The monoisotopic (exact) mass is 461 g/mol. The molecule has 0 bridgehead atoms. The summed E-state index contributed by atoms with van der Waals surface area (Å²) in [6.45, 7) is -1.41. The second-order valence-electron chi connectivity index (χ2n) is 6.81. The molecule has 2 aromatic rings. The minimum atomic E-state index is -4.59. The molecule has 2 amide bonds. The molecule has 1 aliphatic rings. The standard InChI is InChI=1S/C19H19F4N3O4S/c1-29-15-3-2-12(8-13(15)20)14-9-31-17(24-14)25-16(27)11-4-6-26(7-5-11)18(28)30-10-19(21,22)23/h2-3,8-9,11H,4-7,10H2,1H3,(H,24,25,27). The third-order valence-electron chi connectivity index (χ3n) is 4.67. The first-order chi connectivity index (χ1) is 14.7. The molecule has 0 saturated carbocycles. The lowest BCUT2D eigenvalue weighted by Crippen LogP contribution is -2.42. The molecule has 1 saturated heterocycles. The first-order valence-corrected chi connectivity index (χ1v) is 10.1. The molecule has 0 radical (unpaired) electrons. The van der Waals surface area contributed by atoms with Crippen LogP contribution in [0.4, 0.5) is 27.5 Å². The largest absolute Gasteiger partial charge is 0.494 e. The molecule has 12 heteroatoms. The summed E-state index contributed by atoms with van der Waals surface area (Å²) in [6, 6.07) is 4.42. The van der Waals surface area contributed by atoms with Crippen molar-refractivity contribution < 1.29 is 36.6 Å². The highest BCUT2D eigenvalue weighted by atomic mass is 32.1. The molecule has 1 aromatic heterocycles. The van der Waals surface area contributed by atoms with Crippen molar-refractivity contribution in [2.45, 2.75) is 19.0 Å². The summed E-state index contributed by atoms with van der Waals surface area (Å²) in [7, 11) is 1.37. The second-order valence-corrected chi connectivity index (χ2v) is 7.67. The van der Waals surface area contributed by atoms with Gasteiger partial charge in [-0.05, 0) is 31.0 Å². The van der Waals surface area contributed by atoms with Gasteiger partial charge in [0.1, 0.15) is 0 Å². The number of carbonyl (C=O) groups excluding carboxylic acids is 2. The summed E-state index contributed by atoms with van der Waals surface area (Å²) < 4.78 is 59.4. The third-order valence-corrected chi connectivity index (χ3v) is 5.42. The van der Waals surface area contributed by atoms with Crippen LogP contribution >= 0.6 is 11.3 Å². The Labute approximate surface area is 179 Å². The molecule has 168 valence electrons. The van der Waals surface area contributed by atoms with Crippen LogP contribution in [0.25, 0.3) is 11.3 Å². The van der Waals surface area contributed by atoms with E-state index in [0.29, 0.717) is 16.4 Å². The Morgan fingerprint density at radius 1 is 1.29 bits per heavy atom. The maximum absolute atomic E-state index is 13.9. The number of alkyl halides is 3. The van der Waals surface area contributed by atoms with Gasteiger partial charge in [-0.1, -0.05) is 0 Å². The Morgan fingerprint density at radius 2 is 2.00 bits per heavy atom. The number of amides is 2. The number of aromatic nitrogens is 1. The van der Waals surface area contributed by atoms with Gasteiger partial charge < -0.3 is 19.7 Å². The summed E-state index contributed by atoms with van der Waals surface area (Å²) in [6.07, 6.45) is -5.06.